The molecule has 1 fully saturated rings. The largest absolute Gasteiger partial charge is 0.398 e. The first-order chi connectivity index (χ1) is 9.66. The maximum Gasteiger partial charge on any atom is 0.260 e. The molecule has 5 nitrogen and oxygen atoms in total. The van der Waals surface area contributed by atoms with Crippen LogP contribution in [-0.4, -0.2) is 40.1 Å². The summed E-state index contributed by atoms with van der Waals surface area (Å²) in [6.07, 6.45) is 0. The number of benzene rings is 1. The zero-order valence-electron chi connectivity index (χ0n) is 11.7. The Hall–Kier alpha value is -1.53. The van der Waals surface area contributed by atoms with Gasteiger partial charge in [0, 0.05) is 23.7 Å². The molecule has 20 heavy (non-hydrogen) atoms. The van der Waals surface area contributed by atoms with E-state index in [1.165, 1.54) is 0 Å². The quantitative estimate of drug-likeness (QED) is 0.856. The van der Waals surface area contributed by atoms with Crippen LogP contribution in [0.1, 0.15) is 17.4 Å². The summed E-state index contributed by atoms with van der Waals surface area (Å²) in [5, 5.41) is 4.14. The first-order valence-corrected chi connectivity index (χ1v) is 7.79. The van der Waals surface area contributed by atoms with Gasteiger partial charge in [0.25, 0.3) is 5.89 Å². The van der Waals surface area contributed by atoms with Crippen molar-refractivity contribution in [2.24, 2.45) is 0 Å². The minimum absolute atomic E-state index is 0.220. The monoisotopic (exact) mass is 290 g/mol. The molecule has 0 amide bonds. The Morgan fingerprint density at radius 3 is 3.10 bits per heavy atom. The van der Waals surface area contributed by atoms with E-state index in [1.807, 2.05) is 36.9 Å². The molecule has 1 atom stereocenters. The standard InChI is InChI=1S/C14H18N4OS/c1-9-4-3-5-10(12(9)15)14-16-13(17-19-14)11-8-20-7-6-18(11)2/h3-5,11H,6-8,15H2,1-2H3. The lowest BCUT2D eigenvalue weighted by Gasteiger charge is -2.29. The van der Waals surface area contributed by atoms with Crippen LogP contribution < -0.4 is 5.73 Å². The molecule has 106 valence electrons. The second-order valence-corrected chi connectivity index (χ2v) is 6.22. The fourth-order valence-corrected chi connectivity index (χ4v) is 3.52. The Balaban J connectivity index is 1.92. The number of thioether (sulfide) groups is 1. The Labute approximate surface area is 122 Å². The summed E-state index contributed by atoms with van der Waals surface area (Å²) in [6.45, 7) is 3.02. The summed E-state index contributed by atoms with van der Waals surface area (Å²) >= 11 is 1.92. The van der Waals surface area contributed by atoms with E-state index in [1.54, 1.807) is 0 Å². The molecular formula is C14H18N4OS. The molecule has 0 spiro atoms. The van der Waals surface area contributed by atoms with E-state index >= 15 is 0 Å². The SMILES string of the molecule is Cc1cccc(-c2nc(C3CSCCN3C)no2)c1N. The maximum absolute atomic E-state index is 6.09. The molecule has 0 radical (unpaired) electrons. The van der Waals surface area contributed by atoms with Crippen molar-refractivity contribution in [3.8, 4) is 11.5 Å². The van der Waals surface area contributed by atoms with Crippen LogP contribution in [0.25, 0.3) is 11.5 Å². The predicted octanol–water partition coefficient (Wildman–Crippen LogP) is 2.35. The summed E-state index contributed by atoms with van der Waals surface area (Å²) in [5.41, 5.74) is 8.63. The Morgan fingerprint density at radius 2 is 2.30 bits per heavy atom. The van der Waals surface area contributed by atoms with Crippen molar-refractivity contribution in [3.63, 3.8) is 0 Å². The molecule has 0 bridgehead atoms. The lowest BCUT2D eigenvalue weighted by Crippen LogP contribution is -2.33. The summed E-state index contributed by atoms with van der Waals surface area (Å²) in [6, 6.07) is 6.06. The third kappa shape index (κ3) is 2.41. The average Bonchev–Trinajstić information content (AvgIpc) is 2.92. The number of para-hydroxylation sites is 1. The highest BCUT2D eigenvalue weighted by Gasteiger charge is 2.26. The van der Waals surface area contributed by atoms with Crippen molar-refractivity contribution in [2.45, 2.75) is 13.0 Å². The van der Waals surface area contributed by atoms with Gasteiger partial charge in [-0.1, -0.05) is 17.3 Å². The number of hydrogen-bond acceptors (Lipinski definition) is 6. The van der Waals surface area contributed by atoms with Crippen LogP contribution >= 0.6 is 11.8 Å². The lowest BCUT2D eigenvalue weighted by atomic mass is 10.1. The van der Waals surface area contributed by atoms with Gasteiger partial charge in [-0.25, -0.2) is 0 Å². The van der Waals surface area contributed by atoms with Crippen LogP contribution in [0.5, 0.6) is 0 Å². The topological polar surface area (TPSA) is 68.2 Å². The molecule has 1 aliphatic heterocycles. The summed E-state index contributed by atoms with van der Waals surface area (Å²) in [5.74, 6) is 3.40. The highest BCUT2D eigenvalue weighted by Crippen LogP contribution is 2.30. The molecule has 3 rings (SSSR count). The van der Waals surface area contributed by atoms with Crippen molar-refractivity contribution >= 4 is 17.4 Å². The molecular weight excluding hydrogens is 272 g/mol. The molecule has 2 aromatic rings. The summed E-state index contributed by atoms with van der Waals surface area (Å²) < 4.78 is 5.41. The van der Waals surface area contributed by atoms with E-state index in [2.05, 4.69) is 22.1 Å². The molecule has 1 unspecified atom stereocenters. The first-order valence-electron chi connectivity index (χ1n) is 6.64. The van der Waals surface area contributed by atoms with Gasteiger partial charge in [-0.05, 0) is 25.6 Å². The van der Waals surface area contributed by atoms with Crippen molar-refractivity contribution < 1.29 is 4.52 Å². The summed E-state index contributed by atoms with van der Waals surface area (Å²) in [7, 11) is 2.10. The number of rotatable bonds is 2. The van der Waals surface area contributed by atoms with Crippen molar-refractivity contribution in [1.82, 2.24) is 15.0 Å². The van der Waals surface area contributed by atoms with E-state index in [0.29, 0.717) is 11.6 Å². The second-order valence-electron chi connectivity index (χ2n) is 5.07. The number of hydrogen-bond donors (Lipinski definition) is 1. The van der Waals surface area contributed by atoms with Gasteiger partial charge in [0.2, 0.25) is 0 Å². The number of aromatic nitrogens is 2. The van der Waals surface area contributed by atoms with Gasteiger partial charge in [-0.3, -0.25) is 4.90 Å². The normalized spacial score (nSPS) is 20.2. The van der Waals surface area contributed by atoms with Crippen LogP contribution in [0.15, 0.2) is 22.7 Å². The molecule has 1 aromatic heterocycles. The fraction of sp³-hybridized carbons (Fsp3) is 0.429. The van der Waals surface area contributed by atoms with Gasteiger partial charge in [-0.2, -0.15) is 16.7 Å². The Morgan fingerprint density at radius 1 is 1.45 bits per heavy atom. The van der Waals surface area contributed by atoms with Crippen molar-refractivity contribution in [1.29, 1.82) is 0 Å². The molecule has 2 N–H and O–H groups in total. The first kappa shape index (κ1) is 13.5. The van der Waals surface area contributed by atoms with Gasteiger partial charge >= 0.3 is 0 Å². The fourth-order valence-electron chi connectivity index (χ4n) is 2.30. The zero-order valence-corrected chi connectivity index (χ0v) is 12.5. The Kier molecular flexibility index (Phi) is 3.67. The molecule has 2 heterocycles. The number of nitrogens with zero attached hydrogens (tertiary/aromatic N) is 3. The van der Waals surface area contributed by atoms with E-state index in [-0.39, 0.29) is 6.04 Å². The van der Waals surface area contributed by atoms with Gasteiger partial charge in [-0.15, -0.1) is 0 Å². The average molecular weight is 290 g/mol. The van der Waals surface area contributed by atoms with Crippen LogP contribution in [-0.2, 0) is 0 Å². The number of nitrogens with two attached hydrogens (primary N) is 1. The zero-order chi connectivity index (χ0) is 14.1. The molecule has 6 heteroatoms. The molecule has 1 saturated heterocycles. The maximum atomic E-state index is 6.09. The smallest absolute Gasteiger partial charge is 0.260 e. The third-order valence-electron chi connectivity index (χ3n) is 3.69. The van der Waals surface area contributed by atoms with Crippen molar-refractivity contribution in [2.75, 3.05) is 30.8 Å². The van der Waals surface area contributed by atoms with Crippen LogP contribution in [0.3, 0.4) is 0 Å². The van der Waals surface area contributed by atoms with E-state index in [4.69, 9.17) is 10.3 Å². The van der Waals surface area contributed by atoms with Crippen molar-refractivity contribution in [3.05, 3.63) is 29.6 Å². The molecule has 1 aliphatic rings. The van der Waals surface area contributed by atoms with Gasteiger partial charge in [0.05, 0.1) is 11.6 Å². The minimum atomic E-state index is 0.220. The highest BCUT2D eigenvalue weighted by atomic mass is 32.2. The van der Waals surface area contributed by atoms with Crippen LogP contribution in [0, 0.1) is 6.92 Å². The van der Waals surface area contributed by atoms with E-state index in [9.17, 15) is 0 Å². The van der Waals surface area contributed by atoms with Crippen LogP contribution in [0.2, 0.25) is 0 Å². The molecule has 0 saturated carbocycles. The lowest BCUT2D eigenvalue weighted by molar-refractivity contribution is 0.257. The second kappa shape index (κ2) is 5.46. The van der Waals surface area contributed by atoms with Gasteiger partial charge in [0.1, 0.15) is 0 Å². The highest BCUT2D eigenvalue weighted by molar-refractivity contribution is 7.99. The van der Waals surface area contributed by atoms with Gasteiger partial charge in [0.15, 0.2) is 5.82 Å². The van der Waals surface area contributed by atoms with Crippen LogP contribution in [0.4, 0.5) is 5.69 Å². The van der Waals surface area contributed by atoms with E-state index < -0.39 is 0 Å². The number of anilines is 1. The molecule has 1 aromatic carbocycles. The number of aryl methyl sites for hydroxylation is 1. The summed E-state index contributed by atoms with van der Waals surface area (Å²) in [4.78, 5) is 6.81. The predicted molar refractivity (Wildman–Crippen MR) is 81.6 cm³/mol. The number of nitrogen functional groups attached to an aromatic ring is 1. The third-order valence-corrected chi connectivity index (χ3v) is 4.71. The Bertz CT molecular complexity index is 613. The minimum Gasteiger partial charge on any atom is -0.398 e. The van der Waals surface area contributed by atoms with E-state index in [0.717, 1.165) is 35.0 Å². The van der Waals surface area contributed by atoms with Gasteiger partial charge < -0.3 is 10.3 Å². The molecule has 0 aliphatic carbocycles.